The minimum atomic E-state index is -0.827. The zero-order valence-electron chi connectivity index (χ0n) is 12.7. The molecule has 6 nitrogen and oxygen atoms in total. The van der Waals surface area contributed by atoms with E-state index in [2.05, 4.69) is 0 Å². The highest BCUT2D eigenvalue weighted by molar-refractivity contribution is 5.75. The number of quaternary nitrogens is 1. The molecule has 0 amide bonds. The van der Waals surface area contributed by atoms with Gasteiger partial charge >= 0.3 is 11.9 Å². The number of carboxylic acid groups (broad SMARTS) is 1. The van der Waals surface area contributed by atoms with Crippen molar-refractivity contribution in [2.24, 2.45) is 5.41 Å². The number of carbonyl (C=O) groups excluding carboxylic acids is 1. The Morgan fingerprint density at radius 3 is 2.40 bits per heavy atom. The van der Waals surface area contributed by atoms with Crippen LogP contribution < -0.4 is 0 Å². The van der Waals surface area contributed by atoms with E-state index in [1.54, 1.807) is 0 Å². The van der Waals surface area contributed by atoms with Crippen molar-refractivity contribution in [3.05, 3.63) is 0 Å². The number of carboxylic acids is 1. The number of ether oxygens (including phenoxy) is 2. The second-order valence-corrected chi connectivity index (χ2v) is 6.05. The smallest absolute Gasteiger partial charge is 0.359 e. The molecule has 6 heteroatoms. The largest absolute Gasteiger partial charge is 0.477 e. The van der Waals surface area contributed by atoms with Crippen LogP contribution in [0.2, 0.25) is 0 Å². The van der Waals surface area contributed by atoms with Crippen molar-refractivity contribution < 1.29 is 28.7 Å². The second kappa shape index (κ2) is 7.04. The van der Waals surface area contributed by atoms with Crippen LogP contribution >= 0.6 is 0 Å². The van der Waals surface area contributed by atoms with Gasteiger partial charge in [-0.05, 0) is 20.3 Å². The first-order valence-corrected chi connectivity index (χ1v) is 7.13. The lowest BCUT2D eigenvalue weighted by Crippen LogP contribution is -2.58. The summed E-state index contributed by atoms with van der Waals surface area (Å²) in [6, 6.07) is 0. The van der Waals surface area contributed by atoms with Crippen LogP contribution in [0.15, 0.2) is 0 Å². The third-order valence-corrected chi connectivity index (χ3v) is 4.13. The van der Waals surface area contributed by atoms with Gasteiger partial charge in [0.05, 0.1) is 18.6 Å². The van der Waals surface area contributed by atoms with Crippen molar-refractivity contribution in [1.29, 1.82) is 0 Å². The minimum Gasteiger partial charge on any atom is -0.477 e. The number of aliphatic carboxylic acids is 1. The van der Waals surface area contributed by atoms with Crippen LogP contribution in [0.25, 0.3) is 0 Å². The molecule has 0 unspecified atom stereocenters. The van der Waals surface area contributed by atoms with E-state index in [9.17, 15) is 9.59 Å². The Hall–Kier alpha value is -1.14. The molecule has 0 spiro atoms. The number of esters is 1. The molecule has 1 saturated heterocycles. The van der Waals surface area contributed by atoms with Crippen LogP contribution in [0, 0.1) is 5.41 Å². The highest BCUT2D eigenvalue weighted by Gasteiger charge is 2.34. The molecule has 1 fully saturated rings. The lowest BCUT2D eigenvalue weighted by molar-refractivity contribution is -0.928. The van der Waals surface area contributed by atoms with Gasteiger partial charge in [-0.1, -0.05) is 6.92 Å². The van der Waals surface area contributed by atoms with E-state index in [4.69, 9.17) is 14.6 Å². The van der Waals surface area contributed by atoms with E-state index in [1.807, 2.05) is 20.8 Å². The first-order valence-electron chi connectivity index (χ1n) is 7.13. The minimum absolute atomic E-state index is 0.0537. The summed E-state index contributed by atoms with van der Waals surface area (Å²) in [5.74, 6) is -1.05. The summed E-state index contributed by atoms with van der Waals surface area (Å²) in [5, 5.41) is 9.04. The molecule has 0 bridgehead atoms. The predicted molar refractivity (Wildman–Crippen MR) is 73.2 cm³/mol. The quantitative estimate of drug-likeness (QED) is 0.556. The maximum absolute atomic E-state index is 11.9. The summed E-state index contributed by atoms with van der Waals surface area (Å²) in [7, 11) is 0. The van der Waals surface area contributed by atoms with E-state index in [0.29, 0.717) is 37.3 Å². The molecular weight excluding hydrogens is 262 g/mol. The van der Waals surface area contributed by atoms with E-state index >= 15 is 0 Å². The molecule has 0 radical (unpaired) electrons. The summed E-state index contributed by atoms with van der Waals surface area (Å²) in [6.07, 6.45) is 0.717. The number of carbonyl (C=O) groups is 2. The van der Waals surface area contributed by atoms with Gasteiger partial charge in [-0.25, -0.2) is 4.79 Å². The molecule has 1 heterocycles. The third kappa shape index (κ3) is 4.76. The van der Waals surface area contributed by atoms with E-state index in [1.165, 1.54) is 0 Å². The average Bonchev–Trinajstić information content (AvgIpc) is 2.38. The average molecular weight is 288 g/mol. The lowest BCUT2D eigenvalue weighted by atomic mass is 9.91. The summed E-state index contributed by atoms with van der Waals surface area (Å²) in [6.45, 7) is 8.92. The second-order valence-electron chi connectivity index (χ2n) is 6.05. The molecule has 0 atom stereocenters. The molecule has 0 aromatic heterocycles. The molecule has 1 N–H and O–H groups in total. The summed E-state index contributed by atoms with van der Waals surface area (Å²) in [4.78, 5) is 22.9. The Morgan fingerprint density at radius 1 is 1.30 bits per heavy atom. The number of rotatable bonds is 7. The van der Waals surface area contributed by atoms with Crippen molar-refractivity contribution >= 4 is 11.9 Å². The molecule has 20 heavy (non-hydrogen) atoms. The topological polar surface area (TPSA) is 72.8 Å². The zero-order valence-corrected chi connectivity index (χ0v) is 12.7. The monoisotopic (exact) mass is 288 g/mol. The Morgan fingerprint density at radius 2 is 1.90 bits per heavy atom. The molecule has 0 aromatic rings. The molecule has 0 aromatic carbocycles. The highest BCUT2D eigenvalue weighted by Crippen LogP contribution is 2.21. The number of nitrogens with zero attached hydrogens (tertiary/aromatic N) is 1. The summed E-state index contributed by atoms with van der Waals surface area (Å²) in [5.41, 5.74) is -0.483. The Labute approximate surface area is 120 Å². The van der Waals surface area contributed by atoms with Crippen molar-refractivity contribution in [2.45, 2.75) is 27.2 Å². The fourth-order valence-corrected chi connectivity index (χ4v) is 2.15. The van der Waals surface area contributed by atoms with Crippen LogP contribution in [0.5, 0.6) is 0 Å². The van der Waals surface area contributed by atoms with Gasteiger partial charge in [-0.15, -0.1) is 0 Å². The van der Waals surface area contributed by atoms with Crippen molar-refractivity contribution in [2.75, 3.05) is 46.0 Å². The van der Waals surface area contributed by atoms with Crippen LogP contribution in [0.4, 0.5) is 0 Å². The predicted octanol–water partition coefficient (Wildman–Crippen LogP) is 0.897. The number of morpholine rings is 1. The molecule has 1 aliphatic rings. The van der Waals surface area contributed by atoms with Gasteiger partial charge in [0, 0.05) is 0 Å². The van der Waals surface area contributed by atoms with E-state index in [-0.39, 0.29) is 19.1 Å². The van der Waals surface area contributed by atoms with Crippen LogP contribution in [0.3, 0.4) is 0 Å². The van der Waals surface area contributed by atoms with Gasteiger partial charge in [0.1, 0.15) is 26.2 Å². The highest BCUT2D eigenvalue weighted by atomic mass is 16.5. The lowest BCUT2D eigenvalue weighted by Gasteiger charge is -2.39. The zero-order chi connectivity index (χ0) is 15.2. The van der Waals surface area contributed by atoms with Gasteiger partial charge in [-0.3, -0.25) is 4.79 Å². The van der Waals surface area contributed by atoms with E-state index in [0.717, 1.165) is 6.42 Å². The molecular formula is C14H26NO5+. The maximum atomic E-state index is 11.9. The molecule has 116 valence electrons. The normalized spacial score (nSPS) is 18.6. The van der Waals surface area contributed by atoms with Crippen molar-refractivity contribution in [3.8, 4) is 0 Å². The number of hydrogen-bond acceptors (Lipinski definition) is 4. The van der Waals surface area contributed by atoms with Crippen LogP contribution in [0.1, 0.15) is 27.2 Å². The first kappa shape index (κ1) is 16.9. The van der Waals surface area contributed by atoms with Gasteiger partial charge in [0.15, 0.2) is 6.54 Å². The SMILES string of the molecule is CCC(C)(C)C(=O)OCC[N+]1(CC(=O)O)CCOCC1. The maximum Gasteiger partial charge on any atom is 0.359 e. The molecule has 0 saturated carbocycles. The van der Waals surface area contributed by atoms with Gasteiger partial charge in [-0.2, -0.15) is 0 Å². The molecule has 1 rings (SSSR count). The van der Waals surface area contributed by atoms with Gasteiger partial charge < -0.3 is 19.1 Å². The summed E-state index contributed by atoms with van der Waals surface area (Å²) < 4.78 is 11.0. The van der Waals surface area contributed by atoms with Gasteiger partial charge in [0.2, 0.25) is 0 Å². The van der Waals surface area contributed by atoms with Gasteiger partial charge in [0.25, 0.3) is 0 Å². The molecule has 0 aliphatic carbocycles. The van der Waals surface area contributed by atoms with Crippen LogP contribution in [-0.4, -0.2) is 67.5 Å². The third-order valence-electron chi connectivity index (χ3n) is 4.13. The fourth-order valence-electron chi connectivity index (χ4n) is 2.15. The number of hydrogen-bond donors (Lipinski definition) is 1. The van der Waals surface area contributed by atoms with E-state index < -0.39 is 11.4 Å². The summed E-state index contributed by atoms with van der Waals surface area (Å²) >= 11 is 0. The first-order chi connectivity index (χ1) is 9.31. The Balaban J connectivity index is 2.51. The Bertz CT molecular complexity index is 347. The van der Waals surface area contributed by atoms with Crippen molar-refractivity contribution in [3.63, 3.8) is 0 Å². The van der Waals surface area contributed by atoms with Crippen molar-refractivity contribution in [1.82, 2.24) is 0 Å². The van der Waals surface area contributed by atoms with Crippen LogP contribution in [-0.2, 0) is 19.1 Å². The fraction of sp³-hybridized carbons (Fsp3) is 0.857. The Kier molecular flexibility index (Phi) is 5.95. The molecule has 1 aliphatic heterocycles. The standard InChI is InChI=1S/C14H25NO5/c1-4-14(2,3)13(18)20-10-7-15(11-12(16)17)5-8-19-9-6-15/h4-11H2,1-3H3/p+1.